The van der Waals surface area contributed by atoms with E-state index >= 15 is 0 Å². The molecule has 3 heterocycles. The molecule has 0 aliphatic carbocycles. The molecule has 1 aromatic carbocycles. The van der Waals surface area contributed by atoms with Gasteiger partial charge in [0.1, 0.15) is 11.8 Å². The lowest BCUT2D eigenvalue weighted by Crippen LogP contribution is -1.95. The van der Waals surface area contributed by atoms with Crippen molar-refractivity contribution in [3.63, 3.8) is 0 Å². The number of hydrogen-bond donors (Lipinski definition) is 3. The lowest BCUT2D eigenvalue weighted by molar-refractivity contribution is 1.12. The van der Waals surface area contributed by atoms with Crippen molar-refractivity contribution in [2.75, 3.05) is 11.1 Å². The van der Waals surface area contributed by atoms with Crippen molar-refractivity contribution >= 4 is 49.2 Å². The molecule has 4 rings (SSSR count). The van der Waals surface area contributed by atoms with E-state index in [9.17, 15) is 0 Å². The Kier molecular flexibility index (Phi) is 2.30. The van der Waals surface area contributed by atoms with E-state index in [2.05, 4.69) is 30.5 Å². The number of aromatic nitrogens is 5. The number of anilines is 3. The fourth-order valence-corrected chi connectivity index (χ4v) is 2.69. The predicted octanol–water partition coefficient (Wildman–Crippen LogP) is 2.29. The molecule has 0 bridgehead atoms. The third kappa shape index (κ3) is 1.74. The number of rotatable bonds is 2. The first-order valence-corrected chi connectivity index (χ1v) is 6.68. The van der Waals surface area contributed by atoms with Crippen LogP contribution < -0.4 is 11.1 Å². The molecule has 20 heavy (non-hydrogen) atoms. The standard InChI is InChI=1S/C12H9N7S/c13-12-18-9-10(14-5-15-11(9)20-12)17-7-1-2-8-6(3-7)4-16-19-8/h1-5H,(H2,13,18)(H,16,19)(H,14,15,17). The third-order valence-corrected chi connectivity index (χ3v) is 3.71. The van der Waals surface area contributed by atoms with E-state index in [1.807, 2.05) is 18.2 Å². The van der Waals surface area contributed by atoms with Gasteiger partial charge in [0.05, 0.1) is 11.7 Å². The van der Waals surface area contributed by atoms with Crippen molar-refractivity contribution in [3.8, 4) is 0 Å². The van der Waals surface area contributed by atoms with Gasteiger partial charge in [-0.3, -0.25) is 5.10 Å². The zero-order chi connectivity index (χ0) is 13.5. The molecule has 4 N–H and O–H groups in total. The van der Waals surface area contributed by atoms with Crippen molar-refractivity contribution in [1.82, 2.24) is 25.1 Å². The van der Waals surface area contributed by atoms with Crippen LogP contribution in [0, 0.1) is 0 Å². The molecule has 0 saturated carbocycles. The molecule has 7 nitrogen and oxygen atoms in total. The summed E-state index contributed by atoms with van der Waals surface area (Å²) in [6.07, 6.45) is 3.27. The molecule has 0 saturated heterocycles. The van der Waals surface area contributed by atoms with Crippen molar-refractivity contribution in [2.24, 2.45) is 0 Å². The summed E-state index contributed by atoms with van der Waals surface area (Å²) in [4.78, 5) is 13.4. The minimum Gasteiger partial charge on any atom is -0.375 e. The van der Waals surface area contributed by atoms with Gasteiger partial charge in [-0.15, -0.1) is 0 Å². The second kappa shape index (κ2) is 4.14. The van der Waals surface area contributed by atoms with E-state index in [0.717, 1.165) is 21.4 Å². The van der Waals surface area contributed by atoms with Crippen LogP contribution in [-0.2, 0) is 0 Å². The first-order valence-electron chi connectivity index (χ1n) is 5.87. The fourth-order valence-electron chi connectivity index (χ4n) is 2.02. The largest absolute Gasteiger partial charge is 0.375 e. The van der Waals surface area contributed by atoms with Crippen molar-refractivity contribution in [3.05, 3.63) is 30.7 Å². The van der Waals surface area contributed by atoms with Crippen LogP contribution in [0.1, 0.15) is 0 Å². The molecule has 0 fully saturated rings. The van der Waals surface area contributed by atoms with Gasteiger partial charge in [-0.1, -0.05) is 11.3 Å². The van der Waals surface area contributed by atoms with E-state index in [4.69, 9.17) is 5.73 Å². The van der Waals surface area contributed by atoms with Crippen molar-refractivity contribution in [2.45, 2.75) is 0 Å². The molecular weight excluding hydrogens is 274 g/mol. The molecule has 0 radical (unpaired) electrons. The fraction of sp³-hybridized carbons (Fsp3) is 0. The van der Waals surface area contributed by atoms with Gasteiger partial charge >= 0.3 is 0 Å². The highest BCUT2D eigenvalue weighted by atomic mass is 32.1. The molecule has 98 valence electrons. The Morgan fingerprint density at radius 1 is 1.25 bits per heavy atom. The van der Waals surface area contributed by atoms with Gasteiger partial charge in [0, 0.05) is 11.1 Å². The monoisotopic (exact) mass is 283 g/mol. The first kappa shape index (κ1) is 11.1. The highest BCUT2D eigenvalue weighted by Gasteiger charge is 2.09. The maximum absolute atomic E-state index is 5.71. The predicted molar refractivity (Wildman–Crippen MR) is 79.0 cm³/mol. The number of nitrogen functional groups attached to an aromatic ring is 1. The Hall–Kier alpha value is -2.74. The van der Waals surface area contributed by atoms with Gasteiger partial charge < -0.3 is 11.1 Å². The van der Waals surface area contributed by atoms with Gasteiger partial charge in [0.15, 0.2) is 15.8 Å². The Morgan fingerprint density at radius 2 is 2.20 bits per heavy atom. The van der Waals surface area contributed by atoms with Crippen LogP contribution in [0.25, 0.3) is 21.3 Å². The van der Waals surface area contributed by atoms with E-state index in [0.29, 0.717) is 16.5 Å². The number of thiazole rings is 1. The second-order valence-electron chi connectivity index (χ2n) is 4.23. The molecular formula is C12H9N7S. The van der Waals surface area contributed by atoms with Crippen LogP contribution in [0.5, 0.6) is 0 Å². The average molecular weight is 283 g/mol. The molecule has 3 aromatic heterocycles. The average Bonchev–Trinajstić information content (AvgIpc) is 3.04. The number of hydrogen-bond acceptors (Lipinski definition) is 7. The minimum absolute atomic E-state index is 0.480. The van der Waals surface area contributed by atoms with Gasteiger partial charge in [0.2, 0.25) is 0 Å². The number of fused-ring (bicyclic) bond motifs is 2. The van der Waals surface area contributed by atoms with E-state index in [1.54, 1.807) is 6.20 Å². The van der Waals surface area contributed by atoms with E-state index in [-0.39, 0.29) is 0 Å². The maximum Gasteiger partial charge on any atom is 0.182 e. The summed E-state index contributed by atoms with van der Waals surface area (Å²) in [6.45, 7) is 0. The summed E-state index contributed by atoms with van der Waals surface area (Å²) in [6, 6.07) is 5.89. The van der Waals surface area contributed by atoms with Gasteiger partial charge in [0.25, 0.3) is 0 Å². The van der Waals surface area contributed by atoms with E-state index in [1.165, 1.54) is 17.7 Å². The number of benzene rings is 1. The summed E-state index contributed by atoms with van der Waals surface area (Å²) >= 11 is 1.34. The maximum atomic E-state index is 5.71. The summed E-state index contributed by atoms with van der Waals surface area (Å²) in [7, 11) is 0. The first-order chi connectivity index (χ1) is 9.79. The van der Waals surface area contributed by atoms with Gasteiger partial charge in [-0.2, -0.15) is 5.10 Å². The molecule has 8 heteroatoms. The van der Waals surface area contributed by atoms with Crippen LogP contribution in [0.15, 0.2) is 30.7 Å². The number of aromatic amines is 1. The van der Waals surface area contributed by atoms with Crippen LogP contribution in [0.4, 0.5) is 16.6 Å². The van der Waals surface area contributed by atoms with E-state index < -0.39 is 0 Å². The molecule has 0 atom stereocenters. The summed E-state index contributed by atoms with van der Waals surface area (Å²) < 4.78 is 0. The molecule has 4 aromatic rings. The molecule has 0 unspecified atom stereocenters. The Labute approximate surface area is 116 Å². The highest BCUT2D eigenvalue weighted by molar-refractivity contribution is 7.21. The number of nitrogens with one attached hydrogen (secondary N) is 2. The molecule has 0 aliphatic heterocycles. The number of nitrogens with zero attached hydrogens (tertiary/aromatic N) is 4. The quantitative estimate of drug-likeness (QED) is 0.521. The van der Waals surface area contributed by atoms with Crippen LogP contribution >= 0.6 is 11.3 Å². The molecule has 0 aliphatic rings. The SMILES string of the molecule is Nc1nc2c(Nc3ccc4[nH]ncc4c3)ncnc2s1. The Balaban J connectivity index is 1.79. The minimum atomic E-state index is 0.480. The second-order valence-corrected chi connectivity index (χ2v) is 5.23. The summed E-state index contributed by atoms with van der Waals surface area (Å²) in [5.74, 6) is 0.644. The van der Waals surface area contributed by atoms with Crippen molar-refractivity contribution in [1.29, 1.82) is 0 Å². The van der Waals surface area contributed by atoms with Crippen LogP contribution in [0.3, 0.4) is 0 Å². The molecule has 0 spiro atoms. The van der Waals surface area contributed by atoms with Crippen LogP contribution in [0.2, 0.25) is 0 Å². The lowest BCUT2D eigenvalue weighted by atomic mass is 10.2. The van der Waals surface area contributed by atoms with Gasteiger partial charge in [-0.05, 0) is 18.2 Å². The normalized spacial score (nSPS) is 11.2. The summed E-state index contributed by atoms with van der Waals surface area (Å²) in [5, 5.41) is 11.7. The number of nitrogens with two attached hydrogens (primary N) is 1. The third-order valence-electron chi connectivity index (χ3n) is 2.91. The Morgan fingerprint density at radius 3 is 3.15 bits per heavy atom. The smallest absolute Gasteiger partial charge is 0.182 e. The lowest BCUT2D eigenvalue weighted by Gasteiger charge is -2.05. The van der Waals surface area contributed by atoms with Crippen LogP contribution in [-0.4, -0.2) is 25.1 Å². The van der Waals surface area contributed by atoms with Gasteiger partial charge in [-0.25, -0.2) is 15.0 Å². The van der Waals surface area contributed by atoms with Crippen molar-refractivity contribution < 1.29 is 0 Å². The summed E-state index contributed by atoms with van der Waals surface area (Å²) in [5.41, 5.74) is 8.29. The number of H-pyrrole nitrogens is 1. The zero-order valence-electron chi connectivity index (χ0n) is 10.2. The Bertz CT molecular complexity index is 910. The molecule has 0 amide bonds. The topological polar surface area (TPSA) is 105 Å². The zero-order valence-corrected chi connectivity index (χ0v) is 11.0. The highest BCUT2D eigenvalue weighted by Crippen LogP contribution is 2.28.